The van der Waals surface area contributed by atoms with Crippen LogP contribution in [0.4, 0.5) is 5.69 Å². The molecule has 2 amide bonds. The number of anilines is 1. The summed E-state index contributed by atoms with van der Waals surface area (Å²) >= 11 is 0. The second-order valence-electron chi connectivity index (χ2n) is 7.14. The van der Waals surface area contributed by atoms with E-state index in [0.717, 1.165) is 19.3 Å². The molecule has 2 aliphatic rings. The number of carbonyl (C=O) groups is 3. The molecule has 2 atom stereocenters. The fourth-order valence-electron chi connectivity index (χ4n) is 3.80. The maximum Gasteiger partial charge on any atom is 0.308 e. The van der Waals surface area contributed by atoms with Gasteiger partial charge in [-0.15, -0.1) is 0 Å². The van der Waals surface area contributed by atoms with E-state index in [1.807, 2.05) is 30.9 Å². The molecule has 146 valence electrons. The van der Waals surface area contributed by atoms with Crippen LogP contribution in [0.15, 0.2) is 24.3 Å². The number of ether oxygens (including phenoxy) is 2. The Labute approximate surface area is 159 Å². The zero-order chi connectivity index (χ0) is 19.4. The predicted molar refractivity (Wildman–Crippen MR) is 99.5 cm³/mol. The van der Waals surface area contributed by atoms with E-state index >= 15 is 0 Å². The fourth-order valence-corrected chi connectivity index (χ4v) is 3.80. The van der Waals surface area contributed by atoms with Crippen LogP contribution in [0, 0.1) is 0 Å². The minimum atomic E-state index is -0.488. The molecule has 0 saturated carbocycles. The number of fused-ring (bicyclic) bond motifs is 1. The van der Waals surface area contributed by atoms with E-state index in [-0.39, 0.29) is 50.1 Å². The summed E-state index contributed by atoms with van der Waals surface area (Å²) in [6.45, 7) is 3.95. The van der Waals surface area contributed by atoms with Gasteiger partial charge in [0.1, 0.15) is 5.75 Å². The van der Waals surface area contributed by atoms with E-state index in [1.54, 1.807) is 12.1 Å². The molecule has 7 heteroatoms. The number of hydrogen-bond donors (Lipinski definition) is 0. The van der Waals surface area contributed by atoms with Gasteiger partial charge in [0.05, 0.1) is 12.1 Å². The van der Waals surface area contributed by atoms with Gasteiger partial charge in [0.15, 0.2) is 13.2 Å². The zero-order valence-electron chi connectivity index (χ0n) is 15.8. The summed E-state index contributed by atoms with van der Waals surface area (Å²) in [5.41, 5.74) is 0.647. The summed E-state index contributed by atoms with van der Waals surface area (Å²) in [7, 11) is 0. The molecule has 7 nitrogen and oxygen atoms in total. The molecule has 1 saturated heterocycles. The highest BCUT2D eigenvalue weighted by molar-refractivity contribution is 5.98. The number of piperidine rings is 1. The number of amides is 2. The lowest BCUT2D eigenvalue weighted by atomic mass is 9.97. The van der Waals surface area contributed by atoms with Crippen molar-refractivity contribution in [2.45, 2.75) is 51.6 Å². The summed E-state index contributed by atoms with van der Waals surface area (Å²) < 4.78 is 10.6. The van der Waals surface area contributed by atoms with Gasteiger partial charge >= 0.3 is 5.97 Å². The Hall–Kier alpha value is -2.57. The average Bonchev–Trinajstić information content (AvgIpc) is 2.65. The molecule has 0 spiro atoms. The van der Waals surface area contributed by atoms with Gasteiger partial charge in [-0.1, -0.05) is 12.1 Å². The average molecular weight is 374 g/mol. The van der Waals surface area contributed by atoms with Crippen molar-refractivity contribution in [3.05, 3.63) is 24.3 Å². The van der Waals surface area contributed by atoms with Crippen molar-refractivity contribution < 1.29 is 23.9 Å². The molecule has 0 radical (unpaired) electrons. The van der Waals surface area contributed by atoms with Crippen molar-refractivity contribution in [3.8, 4) is 5.75 Å². The van der Waals surface area contributed by atoms with Crippen LogP contribution in [0.2, 0.25) is 0 Å². The third-order valence-electron chi connectivity index (χ3n) is 5.19. The molecule has 2 aliphatic heterocycles. The van der Waals surface area contributed by atoms with Gasteiger partial charge < -0.3 is 19.3 Å². The fraction of sp³-hybridized carbons (Fsp3) is 0.550. The van der Waals surface area contributed by atoms with Gasteiger partial charge in [-0.05, 0) is 45.2 Å². The maximum atomic E-state index is 12.4. The standard InChI is InChI=1S/C20H26N2O5/c1-14-6-5-7-15(2)22(14)19(24)13-27-20(25)10-11-21-16-8-3-4-9-17(16)26-12-18(21)23/h3-4,8-9,14-15H,5-7,10-13H2,1-2H3/t14-,15+. The van der Waals surface area contributed by atoms with Crippen LogP contribution in [0.25, 0.3) is 0 Å². The van der Waals surface area contributed by atoms with Crippen molar-refractivity contribution in [2.24, 2.45) is 0 Å². The quantitative estimate of drug-likeness (QED) is 0.738. The van der Waals surface area contributed by atoms with Crippen molar-refractivity contribution in [2.75, 3.05) is 24.7 Å². The van der Waals surface area contributed by atoms with Gasteiger partial charge in [-0.3, -0.25) is 14.4 Å². The third-order valence-corrected chi connectivity index (χ3v) is 5.19. The van der Waals surface area contributed by atoms with Gasteiger partial charge in [0.25, 0.3) is 11.8 Å². The summed E-state index contributed by atoms with van der Waals surface area (Å²) in [6.07, 6.45) is 3.09. The first-order chi connectivity index (χ1) is 13.0. The Kier molecular flexibility index (Phi) is 5.98. The van der Waals surface area contributed by atoms with E-state index in [0.29, 0.717) is 11.4 Å². The number of carbonyl (C=O) groups excluding carboxylic acids is 3. The second-order valence-corrected chi connectivity index (χ2v) is 7.14. The normalized spacial score (nSPS) is 22.1. The minimum Gasteiger partial charge on any atom is -0.482 e. The molecule has 1 aromatic carbocycles. The number of likely N-dealkylation sites (tertiary alicyclic amines) is 1. The smallest absolute Gasteiger partial charge is 0.308 e. The molecular weight excluding hydrogens is 348 g/mol. The summed E-state index contributed by atoms with van der Waals surface area (Å²) in [5, 5.41) is 0. The Morgan fingerprint density at radius 2 is 1.89 bits per heavy atom. The second kappa shape index (κ2) is 8.41. The molecular formula is C20H26N2O5. The lowest BCUT2D eigenvalue weighted by molar-refractivity contribution is -0.154. The van der Waals surface area contributed by atoms with Crippen molar-refractivity contribution in [1.29, 1.82) is 0 Å². The zero-order valence-corrected chi connectivity index (χ0v) is 15.8. The monoisotopic (exact) mass is 374 g/mol. The Bertz CT molecular complexity index is 710. The molecule has 1 fully saturated rings. The van der Waals surface area contributed by atoms with Crippen LogP contribution in [0.1, 0.15) is 39.5 Å². The highest BCUT2D eigenvalue weighted by Gasteiger charge is 2.30. The number of para-hydroxylation sites is 2. The van der Waals surface area contributed by atoms with Crippen LogP contribution >= 0.6 is 0 Å². The summed E-state index contributed by atoms with van der Waals surface area (Å²) in [6, 6.07) is 7.54. The lowest BCUT2D eigenvalue weighted by Gasteiger charge is -2.38. The van der Waals surface area contributed by atoms with Gasteiger partial charge in [-0.25, -0.2) is 0 Å². The topological polar surface area (TPSA) is 76.2 Å². The predicted octanol–water partition coefficient (Wildman–Crippen LogP) is 2.13. The highest BCUT2D eigenvalue weighted by Crippen LogP contribution is 2.31. The van der Waals surface area contributed by atoms with Crippen molar-refractivity contribution in [3.63, 3.8) is 0 Å². The SMILES string of the molecule is C[C@@H]1CCC[C@H](C)N1C(=O)COC(=O)CCN1C(=O)COc2ccccc21. The number of esters is 1. The third kappa shape index (κ3) is 4.40. The van der Waals surface area contributed by atoms with Crippen LogP contribution in [0.3, 0.4) is 0 Å². The molecule has 1 aromatic rings. The first-order valence-electron chi connectivity index (χ1n) is 9.46. The Morgan fingerprint density at radius 1 is 1.19 bits per heavy atom. The first-order valence-corrected chi connectivity index (χ1v) is 9.46. The largest absolute Gasteiger partial charge is 0.482 e. The molecule has 3 rings (SSSR count). The number of rotatable bonds is 5. The summed E-state index contributed by atoms with van der Waals surface area (Å²) in [4.78, 5) is 39.9. The molecule has 2 heterocycles. The van der Waals surface area contributed by atoms with Crippen LogP contribution in [-0.2, 0) is 19.1 Å². The summed E-state index contributed by atoms with van der Waals surface area (Å²) in [5.74, 6) is -0.226. The number of benzene rings is 1. The van der Waals surface area contributed by atoms with Gasteiger partial charge in [-0.2, -0.15) is 0 Å². The van der Waals surface area contributed by atoms with E-state index in [1.165, 1.54) is 4.90 Å². The molecule has 27 heavy (non-hydrogen) atoms. The van der Waals surface area contributed by atoms with E-state index in [2.05, 4.69) is 0 Å². The molecule has 0 aromatic heterocycles. The van der Waals surface area contributed by atoms with Crippen LogP contribution < -0.4 is 9.64 Å². The van der Waals surface area contributed by atoms with Crippen LogP contribution in [0.5, 0.6) is 5.75 Å². The number of hydrogen-bond acceptors (Lipinski definition) is 5. The van der Waals surface area contributed by atoms with Gasteiger partial charge in [0, 0.05) is 18.6 Å². The molecule has 0 unspecified atom stereocenters. The van der Waals surface area contributed by atoms with Crippen LogP contribution in [-0.4, -0.2) is 54.5 Å². The van der Waals surface area contributed by atoms with Gasteiger partial charge in [0.2, 0.25) is 0 Å². The van der Waals surface area contributed by atoms with Crippen molar-refractivity contribution >= 4 is 23.5 Å². The van der Waals surface area contributed by atoms with E-state index in [9.17, 15) is 14.4 Å². The van der Waals surface area contributed by atoms with E-state index in [4.69, 9.17) is 9.47 Å². The maximum absolute atomic E-state index is 12.4. The lowest BCUT2D eigenvalue weighted by Crippen LogP contribution is -2.49. The van der Waals surface area contributed by atoms with Crippen molar-refractivity contribution in [1.82, 2.24) is 4.90 Å². The Morgan fingerprint density at radius 3 is 2.63 bits per heavy atom. The van der Waals surface area contributed by atoms with E-state index < -0.39 is 5.97 Å². The molecule has 0 bridgehead atoms. The minimum absolute atomic E-state index is 0.0263. The number of nitrogens with zero attached hydrogens (tertiary/aromatic N) is 2. The highest BCUT2D eigenvalue weighted by atomic mass is 16.5. The molecule has 0 N–H and O–H groups in total. The Balaban J connectivity index is 1.50. The molecule has 0 aliphatic carbocycles. The first kappa shape index (κ1) is 19.2.